The van der Waals surface area contributed by atoms with Gasteiger partial charge in [-0.25, -0.2) is 0 Å². The third-order valence-electron chi connectivity index (χ3n) is 5.85. The second-order valence-electron chi connectivity index (χ2n) is 7.82. The van der Waals surface area contributed by atoms with Gasteiger partial charge in [-0.15, -0.1) is 0 Å². The fraction of sp³-hybridized carbons (Fsp3) is 0.591. The van der Waals surface area contributed by atoms with Crippen LogP contribution < -0.4 is 4.74 Å². The molecule has 1 heterocycles. The quantitative estimate of drug-likeness (QED) is 0.676. The molecule has 0 bridgehead atoms. The van der Waals surface area contributed by atoms with Gasteiger partial charge >= 0.3 is 0 Å². The molecule has 1 aromatic rings. The Bertz CT molecular complexity index is 687. The molecule has 1 aromatic carbocycles. The van der Waals surface area contributed by atoms with Crippen molar-refractivity contribution in [2.45, 2.75) is 45.4 Å². The first-order chi connectivity index (χ1) is 13.5. The van der Waals surface area contributed by atoms with Gasteiger partial charge in [0.2, 0.25) is 5.91 Å². The van der Waals surface area contributed by atoms with Crippen LogP contribution in [0.1, 0.15) is 55.8 Å². The van der Waals surface area contributed by atoms with E-state index in [-0.39, 0.29) is 24.2 Å². The molecule has 2 aliphatic rings. The highest BCUT2D eigenvalue weighted by atomic mass is 16.5. The van der Waals surface area contributed by atoms with Gasteiger partial charge in [-0.2, -0.15) is 0 Å². The van der Waals surface area contributed by atoms with Crippen LogP contribution in [0.5, 0.6) is 5.75 Å². The van der Waals surface area contributed by atoms with Gasteiger partial charge in [-0.1, -0.05) is 25.7 Å². The minimum Gasteiger partial charge on any atom is -0.484 e. The molecule has 3 rings (SSSR count). The van der Waals surface area contributed by atoms with Gasteiger partial charge < -0.3 is 14.5 Å². The Morgan fingerprint density at radius 1 is 0.929 bits per heavy atom. The summed E-state index contributed by atoms with van der Waals surface area (Å²) in [5.74, 6) is 1.44. The number of Topliss-reactive ketones (excluding diaryl/α,β-unsaturated/α-hetero) is 1. The molecule has 28 heavy (non-hydrogen) atoms. The van der Waals surface area contributed by atoms with E-state index < -0.39 is 0 Å². The highest BCUT2D eigenvalue weighted by Gasteiger charge is 2.25. The number of carbonyl (C=O) groups excluding carboxylic acids is 3. The highest BCUT2D eigenvalue weighted by Crippen LogP contribution is 2.28. The van der Waals surface area contributed by atoms with Crippen LogP contribution in [0, 0.1) is 5.92 Å². The number of nitrogens with zero attached hydrogens (tertiary/aromatic N) is 2. The molecule has 2 fully saturated rings. The summed E-state index contributed by atoms with van der Waals surface area (Å²) in [6.07, 6.45) is 6.80. The lowest BCUT2D eigenvalue weighted by atomic mass is 10.0. The van der Waals surface area contributed by atoms with Crippen LogP contribution >= 0.6 is 0 Å². The van der Waals surface area contributed by atoms with E-state index in [1.54, 1.807) is 29.2 Å². The average Bonchev–Trinajstić information content (AvgIpc) is 3.24. The predicted octanol–water partition coefficient (Wildman–Crippen LogP) is 2.91. The van der Waals surface area contributed by atoms with E-state index in [9.17, 15) is 14.4 Å². The fourth-order valence-corrected chi connectivity index (χ4v) is 4.01. The van der Waals surface area contributed by atoms with Crippen molar-refractivity contribution in [3.05, 3.63) is 29.8 Å². The monoisotopic (exact) mass is 386 g/mol. The second kappa shape index (κ2) is 9.71. The molecule has 0 unspecified atom stereocenters. The van der Waals surface area contributed by atoms with E-state index in [4.69, 9.17) is 4.74 Å². The third kappa shape index (κ3) is 5.57. The second-order valence-corrected chi connectivity index (χ2v) is 7.82. The van der Waals surface area contributed by atoms with Crippen molar-refractivity contribution in [3.63, 3.8) is 0 Å². The number of hydrogen-bond donors (Lipinski definition) is 0. The largest absolute Gasteiger partial charge is 0.484 e. The molecule has 0 N–H and O–H groups in total. The molecule has 1 saturated carbocycles. The smallest absolute Gasteiger partial charge is 0.260 e. The standard InChI is InChI=1S/C22H30N2O4/c1-17(25)19-7-9-20(10-8-19)28-16-22(27)24-14-12-23(13-15-24)21(26)11-6-18-4-2-3-5-18/h7-10,18H,2-6,11-16H2,1H3. The Hall–Kier alpha value is -2.37. The zero-order chi connectivity index (χ0) is 19.9. The molecule has 1 saturated heterocycles. The van der Waals surface area contributed by atoms with Crippen LogP contribution in [0.4, 0.5) is 0 Å². The average molecular weight is 386 g/mol. The van der Waals surface area contributed by atoms with Crippen molar-refractivity contribution in [2.75, 3.05) is 32.8 Å². The van der Waals surface area contributed by atoms with Crippen molar-refractivity contribution >= 4 is 17.6 Å². The van der Waals surface area contributed by atoms with E-state index in [0.717, 1.165) is 12.3 Å². The maximum absolute atomic E-state index is 12.4. The molecule has 1 aliphatic heterocycles. The molecule has 152 valence electrons. The first-order valence-corrected chi connectivity index (χ1v) is 10.3. The summed E-state index contributed by atoms with van der Waals surface area (Å²) >= 11 is 0. The number of piperazine rings is 1. The molecule has 0 radical (unpaired) electrons. The minimum absolute atomic E-state index is 0.00159. The van der Waals surface area contributed by atoms with E-state index in [1.165, 1.54) is 32.6 Å². The number of benzene rings is 1. The van der Waals surface area contributed by atoms with Crippen molar-refractivity contribution in [2.24, 2.45) is 5.92 Å². The first kappa shape index (κ1) is 20.4. The Kier molecular flexibility index (Phi) is 7.06. The van der Waals surface area contributed by atoms with E-state index in [2.05, 4.69) is 0 Å². The third-order valence-corrected chi connectivity index (χ3v) is 5.85. The summed E-state index contributed by atoms with van der Waals surface area (Å²) in [5, 5.41) is 0. The van der Waals surface area contributed by atoms with Gasteiger partial charge in [-0.3, -0.25) is 14.4 Å². The molecule has 0 aromatic heterocycles. The zero-order valence-corrected chi connectivity index (χ0v) is 16.7. The lowest BCUT2D eigenvalue weighted by molar-refractivity contribution is -0.140. The van der Waals surface area contributed by atoms with Crippen molar-refractivity contribution < 1.29 is 19.1 Å². The SMILES string of the molecule is CC(=O)c1ccc(OCC(=O)N2CCN(C(=O)CCC3CCCC3)CC2)cc1. The van der Waals surface area contributed by atoms with Crippen molar-refractivity contribution in [3.8, 4) is 5.75 Å². The summed E-state index contributed by atoms with van der Waals surface area (Å²) < 4.78 is 5.54. The summed E-state index contributed by atoms with van der Waals surface area (Å²) in [4.78, 5) is 39.7. The highest BCUT2D eigenvalue weighted by molar-refractivity contribution is 5.94. The van der Waals surface area contributed by atoms with Gasteiger partial charge in [-0.05, 0) is 43.5 Å². The Morgan fingerprint density at radius 2 is 1.50 bits per heavy atom. The van der Waals surface area contributed by atoms with Crippen LogP contribution in [-0.4, -0.2) is 60.2 Å². The van der Waals surface area contributed by atoms with Crippen LogP contribution in [0.25, 0.3) is 0 Å². The van der Waals surface area contributed by atoms with E-state index in [0.29, 0.717) is 43.9 Å². The van der Waals surface area contributed by atoms with Crippen molar-refractivity contribution in [1.82, 2.24) is 9.80 Å². The minimum atomic E-state index is -0.0753. The van der Waals surface area contributed by atoms with Gasteiger partial charge in [0, 0.05) is 38.2 Å². The summed E-state index contributed by atoms with van der Waals surface area (Å²) in [5.41, 5.74) is 0.618. The molecule has 0 spiro atoms. The van der Waals surface area contributed by atoms with Gasteiger partial charge in [0.1, 0.15) is 5.75 Å². The molecular formula is C22H30N2O4. The topological polar surface area (TPSA) is 66.9 Å². The van der Waals surface area contributed by atoms with E-state index >= 15 is 0 Å². The van der Waals surface area contributed by atoms with Crippen molar-refractivity contribution in [1.29, 1.82) is 0 Å². The number of ketones is 1. The lowest BCUT2D eigenvalue weighted by Gasteiger charge is -2.35. The maximum atomic E-state index is 12.4. The number of rotatable bonds is 7. The van der Waals surface area contributed by atoms with Gasteiger partial charge in [0.15, 0.2) is 12.4 Å². The summed E-state index contributed by atoms with van der Waals surface area (Å²) in [6, 6.07) is 6.78. The molecular weight excluding hydrogens is 356 g/mol. The van der Waals surface area contributed by atoms with Crippen LogP contribution in [-0.2, 0) is 9.59 Å². The van der Waals surface area contributed by atoms with Crippen LogP contribution in [0.2, 0.25) is 0 Å². The zero-order valence-electron chi connectivity index (χ0n) is 16.7. The molecule has 6 nitrogen and oxygen atoms in total. The van der Waals surface area contributed by atoms with E-state index in [1.807, 2.05) is 4.90 Å². The summed E-state index contributed by atoms with van der Waals surface area (Å²) in [6.45, 7) is 3.79. The molecule has 6 heteroatoms. The first-order valence-electron chi connectivity index (χ1n) is 10.3. The van der Waals surface area contributed by atoms with Crippen LogP contribution in [0.3, 0.4) is 0 Å². The Balaban J connectivity index is 1.37. The normalized spacial score (nSPS) is 17.6. The number of hydrogen-bond acceptors (Lipinski definition) is 4. The van der Waals surface area contributed by atoms with Gasteiger partial charge in [0.05, 0.1) is 0 Å². The fourth-order valence-electron chi connectivity index (χ4n) is 4.01. The van der Waals surface area contributed by atoms with Gasteiger partial charge in [0.25, 0.3) is 5.91 Å². The Labute approximate surface area is 166 Å². The molecule has 2 amide bonds. The lowest BCUT2D eigenvalue weighted by Crippen LogP contribution is -2.51. The summed E-state index contributed by atoms with van der Waals surface area (Å²) in [7, 11) is 0. The number of amides is 2. The molecule has 1 aliphatic carbocycles. The maximum Gasteiger partial charge on any atom is 0.260 e. The Morgan fingerprint density at radius 3 is 2.07 bits per heavy atom. The molecule has 0 atom stereocenters. The number of ether oxygens (including phenoxy) is 1. The van der Waals surface area contributed by atoms with Crippen LogP contribution in [0.15, 0.2) is 24.3 Å². The number of carbonyl (C=O) groups is 3. The predicted molar refractivity (Wildman–Crippen MR) is 106 cm³/mol.